The first-order valence-corrected chi connectivity index (χ1v) is 6.63. The Bertz CT molecular complexity index is 568. The number of carbonyl (C=O) groups is 1. The molecule has 0 saturated carbocycles. The van der Waals surface area contributed by atoms with Crippen LogP contribution in [0, 0.1) is 0 Å². The summed E-state index contributed by atoms with van der Waals surface area (Å²) in [5.41, 5.74) is 6.98. The number of hydrogen-bond acceptors (Lipinski definition) is 5. The summed E-state index contributed by atoms with van der Waals surface area (Å²) < 4.78 is 5.03. The van der Waals surface area contributed by atoms with Gasteiger partial charge in [-0.05, 0) is 31.4 Å². The van der Waals surface area contributed by atoms with Crippen molar-refractivity contribution in [2.45, 2.75) is 25.3 Å². The molecule has 19 heavy (non-hydrogen) atoms. The van der Waals surface area contributed by atoms with Gasteiger partial charge < -0.3 is 10.2 Å². The van der Waals surface area contributed by atoms with E-state index in [0.29, 0.717) is 10.9 Å². The normalized spacial score (nSPS) is 17.4. The minimum absolute atomic E-state index is 0. The van der Waals surface area contributed by atoms with Crippen LogP contribution in [0.4, 0.5) is 5.13 Å². The van der Waals surface area contributed by atoms with Crippen molar-refractivity contribution in [3.8, 4) is 0 Å². The van der Waals surface area contributed by atoms with Gasteiger partial charge >= 0.3 is 0 Å². The van der Waals surface area contributed by atoms with E-state index in [1.807, 2.05) is 0 Å². The molecule has 1 atom stereocenters. The van der Waals surface area contributed by atoms with E-state index in [2.05, 4.69) is 10.3 Å². The molecule has 3 rings (SSSR count). The number of thiazole rings is 1. The largest absolute Gasteiger partial charge is 0.459 e. The third kappa shape index (κ3) is 2.97. The summed E-state index contributed by atoms with van der Waals surface area (Å²) in [6.07, 6.45) is 4.18. The fourth-order valence-electron chi connectivity index (χ4n) is 2.02. The molecule has 0 saturated heterocycles. The molecule has 0 radical (unpaired) electrons. The van der Waals surface area contributed by atoms with Crippen molar-refractivity contribution < 1.29 is 9.21 Å². The van der Waals surface area contributed by atoms with E-state index in [4.69, 9.17) is 10.2 Å². The van der Waals surface area contributed by atoms with E-state index < -0.39 is 0 Å². The lowest BCUT2D eigenvalue weighted by Crippen LogP contribution is -2.27. The number of aryl methyl sites for hydroxylation is 1. The number of nitrogens with zero attached hydrogens (tertiary/aromatic N) is 1. The van der Waals surface area contributed by atoms with E-state index in [1.165, 1.54) is 22.5 Å². The Balaban J connectivity index is 0.00000133. The van der Waals surface area contributed by atoms with E-state index in [1.54, 1.807) is 12.1 Å². The molecule has 3 N–H and O–H groups in total. The summed E-state index contributed by atoms with van der Waals surface area (Å²) in [6, 6.07) is 3.52. The standard InChI is InChI=1S/C12H13N3O2S.ClH/c13-7-3-4-8-10(6-7)18-12(14-8)15-11(16)9-2-1-5-17-9;/h1-2,5,7H,3-4,6,13H2,(H,14,15,16);1H/t7-;/m0./s1. The highest BCUT2D eigenvalue weighted by Gasteiger charge is 2.21. The van der Waals surface area contributed by atoms with Crippen molar-refractivity contribution in [3.63, 3.8) is 0 Å². The number of amides is 1. The van der Waals surface area contributed by atoms with Crippen molar-refractivity contribution in [3.05, 3.63) is 34.7 Å². The minimum atomic E-state index is -0.268. The SMILES string of the molecule is Cl.N[C@H]1CCc2nc(NC(=O)c3ccco3)sc2C1. The van der Waals surface area contributed by atoms with Gasteiger partial charge in [0, 0.05) is 10.9 Å². The van der Waals surface area contributed by atoms with Crippen molar-refractivity contribution in [2.75, 3.05) is 5.32 Å². The zero-order valence-corrected chi connectivity index (χ0v) is 11.7. The molecule has 7 heteroatoms. The van der Waals surface area contributed by atoms with Crippen LogP contribution in [0.3, 0.4) is 0 Å². The summed E-state index contributed by atoms with van der Waals surface area (Å²) in [7, 11) is 0. The molecule has 2 aromatic heterocycles. The number of fused-ring (bicyclic) bond motifs is 1. The van der Waals surface area contributed by atoms with Gasteiger partial charge in [-0.1, -0.05) is 0 Å². The van der Waals surface area contributed by atoms with Crippen LogP contribution in [0.25, 0.3) is 0 Å². The lowest BCUT2D eigenvalue weighted by molar-refractivity contribution is 0.0996. The second-order valence-corrected chi connectivity index (χ2v) is 5.41. The number of anilines is 1. The topological polar surface area (TPSA) is 81.1 Å². The third-order valence-corrected chi connectivity index (χ3v) is 3.98. The van der Waals surface area contributed by atoms with Crippen LogP contribution in [0.2, 0.25) is 0 Å². The van der Waals surface area contributed by atoms with Crippen LogP contribution in [-0.4, -0.2) is 16.9 Å². The minimum Gasteiger partial charge on any atom is -0.459 e. The first kappa shape index (κ1) is 14.0. The average Bonchev–Trinajstić information content (AvgIpc) is 2.95. The van der Waals surface area contributed by atoms with Crippen molar-refractivity contribution in [1.29, 1.82) is 0 Å². The molecule has 1 aliphatic rings. The molecule has 0 unspecified atom stereocenters. The molecule has 1 aliphatic carbocycles. The van der Waals surface area contributed by atoms with Gasteiger partial charge in [0.2, 0.25) is 0 Å². The Morgan fingerprint density at radius 2 is 2.42 bits per heavy atom. The number of halogens is 1. The molecule has 0 aliphatic heterocycles. The van der Waals surface area contributed by atoms with Crippen molar-refractivity contribution >= 4 is 34.8 Å². The van der Waals surface area contributed by atoms with E-state index in [-0.39, 0.29) is 24.4 Å². The molecular formula is C12H14ClN3O2S. The van der Waals surface area contributed by atoms with Gasteiger partial charge in [-0.15, -0.1) is 23.7 Å². The Morgan fingerprint density at radius 1 is 1.58 bits per heavy atom. The van der Waals surface area contributed by atoms with Gasteiger partial charge in [0.25, 0.3) is 5.91 Å². The number of furan rings is 1. The second-order valence-electron chi connectivity index (χ2n) is 4.32. The Morgan fingerprint density at radius 3 is 3.16 bits per heavy atom. The van der Waals surface area contributed by atoms with E-state index >= 15 is 0 Å². The molecule has 0 spiro atoms. The van der Waals surface area contributed by atoms with E-state index in [0.717, 1.165) is 25.0 Å². The van der Waals surface area contributed by atoms with E-state index in [9.17, 15) is 4.79 Å². The number of nitrogens with two attached hydrogens (primary N) is 1. The number of carbonyl (C=O) groups excluding carboxylic acids is 1. The fraction of sp³-hybridized carbons (Fsp3) is 0.333. The van der Waals surface area contributed by atoms with Gasteiger partial charge in [0.05, 0.1) is 12.0 Å². The van der Waals surface area contributed by atoms with Crippen LogP contribution in [0.15, 0.2) is 22.8 Å². The summed E-state index contributed by atoms with van der Waals surface area (Å²) in [4.78, 5) is 17.4. The van der Waals surface area contributed by atoms with Crippen LogP contribution < -0.4 is 11.1 Å². The highest BCUT2D eigenvalue weighted by atomic mass is 35.5. The smallest absolute Gasteiger partial charge is 0.293 e. The van der Waals surface area contributed by atoms with Crippen LogP contribution in [-0.2, 0) is 12.8 Å². The summed E-state index contributed by atoms with van der Waals surface area (Å²) in [5, 5.41) is 3.37. The molecular weight excluding hydrogens is 286 g/mol. The first-order chi connectivity index (χ1) is 8.72. The summed E-state index contributed by atoms with van der Waals surface area (Å²) in [5.74, 6) is 0.0234. The van der Waals surface area contributed by atoms with Crippen LogP contribution >= 0.6 is 23.7 Å². The van der Waals surface area contributed by atoms with Gasteiger partial charge in [-0.2, -0.15) is 0 Å². The predicted octanol–water partition coefficient (Wildman–Crippen LogP) is 2.23. The number of nitrogens with one attached hydrogen (secondary N) is 1. The molecule has 5 nitrogen and oxygen atoms in total. The maximum Gasteiger partial charge on any atom is 0.293 e. The summed E-state index contributed by atoms with van der Waals surface area (Å²) >= 11 is 1.50. The molecule has 2 heterocycles. The van der Waals surface area contributed by atoms with Gasteiger partial charge in [0.1, 0.15) is 0 Å². The Labute approximate surface area is 120 Å². The van der Waals surface area contributed by atoms with Gasteiger partial charge in [-0.25, -0.2) is 4.98 Å². The highest BCUT2D eigenvalue weighted by Crippen LogP contribution is 2.29. The predicted molar refractivity (Wildman–Crippen MR) is 76.0 cm³/mol. The van der Waals surface area contributed by atoms with Crippen LogP contribution in [0.5, 0.6) is 0 Å². The Hall–Kier alpha value is -1.37. The molecule has 0 fully saturated rings. The zero-order valence-electron chi connectivity index (χ0n) is 10.1. The zero-order chi connectivity index (χ0) is 12.5. The van der Waals surface area contributed by atoms with Gasteiger partial charge in [-0.3, -0.25) is 10.1 Å². The quantitative estimate of drug-likeness (QED) is 0.891. The maximum absolute atomic E-state index is 11.8. The molecule has 1 amide bonds. The summed E-state index contributed by atoms with van der Waals surface area (Å²) in [6.45, 7) is 0. The molecule has 102 valence electrons. The molecule has 0 aromatic carbocycles. The molecule has 0 bridgehead atoms. The van der Waals surface area contributed by atoms with Crippen LogP contribution in [0.1, 0.15) is 27.5 Å². The highest BCUT2D eigenvalue weighted by molar-refractivity contribution is 7.15. The van der Waals surface area contributed by atoms with Crippen molar-refractivity contribution in [1.82, 2.24) is 4.98 Å². The Kier molecular flexibility index (Phi) is 4.24. The average molecular weight is 300 g/mol. The van der Waals surface area contributed by atoms with Crippen molar-refractivity contribution in [2.24, 2.45) is 5.73 Å². The maximum atomic E-state index is 11.8. The number of aromatic nitrogens is 1. The lowest BCUT2D eigenvalue weighted by atomic mass is 9.99. The second kappa shape index (κ2) is 5.73. The monoisotopic (exact) mass is 299 g/mol. The number of hydrogen-bond donors (Lipinski definition) is 2. The first-order valence-electron chi connectivity index (χ1n) is 5.81. The fourth-order valence-corrected chi connectivity index (χ4v) is 3.12. The molecule has 2 aromatic rings. The third-order valence-electron chi connectivity index (χ3n) is 2.94. The number of rotatable bonds is 2. The van der Waals surface area contributed by atoms with Gasteiger partial charge in [0.15, 0.2) is 10.9 Å². The lowest BCUT2D eigenvalue weighted by Gasteiger charge is -2.15.